The lowest BCUT2D eigenvalue weighted by molar-refractivity contribution is -0.125. The van der Waals surface area contributed by atoms with Gasteiger partial charge in [-0.1, -0.05) is 23.5 Å². The van der Waals surface area contributed by atoms with Crippen LogP contribution in [0.4, 0.5) is 5.69 Å². The van der Waals surface area contributed by atoms with Crippen LogP contribution >= 0.6 is 11.3 Å². The molecule has 1 heterocycles. The predicted octanol–water partition coefficient (Wildman–Crippen LogP) is 5.52. The number of rotatable bonds is 4. The van der Waals surface area contributed by atoms with Crippen molar-refractivity contribution in [3.63, 3.8) is 0 Å². The highest BCUT2D eigenvalue weighted by atomic mass is 32.1. The lowest BCUT2D eigenvalue weighted by Gasteiger charge is -2.36. The highest BCUT2D eigenvalue weighted by Crippen LogP contribution is 2.38. The van der Waals surface area contributed by atoms with Gasteiger partial charge in [-0.2, -0.15) is 0 Å². The molecule has 0 aromatic carbocycles. The fourth-order valence-corrected chi connectivity index (χ4v) is 5.06. The van der Waals surface area contributed by atoms with Gasteiger partial charge in [-0.15, -0.1) is 11.3 Å². The van der Waals surface area contributed by atoms with Crippen molar-refractivity contribution in [3.8, 4) is 11.8 Å². The van der Waals surface area contributed by atoms with Crippen molar-refractivity contribution < 1.29 is 23.2 Å². The van der Waals surface area contributed by atoms with Crippen LogP contribution in [0.3, 0.4) is 0 Å². The molecule has 0 saturated heterocycles. The van der Waals surface area contributed by atoms with Crippen molar-refractivity contribution in [3.05, 3.63) is 27.5 Å². The number of ketones is 1. The summed E-state index contributed by atoms with van der Waals surface area (Å²) in [6, 6.07) is 1.49. The molecule has 32 heavy (non-hydrogen) atoms. The predicted molar refractivity (Wildman–Crippen MR) is 128 cm³/mol. The number of thiophene rings is 1. The van der Waals surface area contributed by atoms with Gasteiger partial charge in [-0.05, 0) is 65.8 Å². The average Bonchev–Trinajstić information content (AvgIpc) is 3.22. The van der Waals surface area contributed by atoms with Crippen molar-refractivity contribution in [2.75, 3.05) is 12.0 Å². The Morgan fingerprint density at radius 1 is 1.25 bits per heavy atom. The maximum Gasteiger partial charge on any atom is 0.350 e. The molecular formula is C26H33NO4S. The van der Waals surface area contributed by atoms with Crippen LogP contribution in [0.2, 0.25) is 0 Å². The Hall–Kier alpha value is -2.39. The SMILES string of the molecule is [2H]C([2H])([2H])C(C)(C)C#Cc1cc(N(C(=O)[C@H]2CC=C(C)CC2)C2CCC(=O)CC2)c(C(=O)OC)s1. The van der Waals surface area contributed by atoms with Gasteiger partial charge in [0.15, 0.2) is 0 Å². The molecule has 6 heteroatoms. The minimum Gasteiger partial charge on any atom is -0.465 e. The quantitative estimate of drug-likeness (QED) is 0.338. The molecule has 2 aliphatic carbocycles. The minimum absolute atomic E-state index is 0.0571. The van der Waals surface area contributed by atoms with E-state index in [9.17, 15) is 14.4 Å². The Kier molecular flexibility index (Phi) is 6.35. The molecular weight excluding hydrogens is 422 g/mol. The molecule has 0 unspecified atom stereocenters. The zero-order valence-corrected chi connectivity index (χ0v) is 20.1. The Balaban J connectivity index is 2.06. The van der Waals surface area contributed by atoms with Gasteiger partial charge in [0.25, 0.3) is 0 Å². The van der Waals surface area contributed by atoms with Crippen LogP contribution in [0.5, 0.6) is 0 Å². The van der Waals surface area contributed by atoms with Gasteiger partial charge in [0.1, 0.15) is 10.7 Å². The van der Waals surface area contributed by atoms with Gasteiger partial charge >= 0.3 is 5.97 Å². The molecule has 1 saturated carbocycles. The second-order valence-electron chi connectivity index (χ2n) is 9.19. The molecule has 1 amide bonds. The van der Waals surface area contributed by atoms with Crippen LogP contribution in [-0.4, -0.2) is 30.8 Å². The minimum atomic E-state index is -2.27. The van der Waals surface area contributed by atoms with E-state index >= 15 is 0 Å². The van der Waals surface area contributed by atoms with Gasteiger partial charge in [0.05, 0.1) is 17.7 Å². The maximum absolute atomic E-state index is 13.9. The summed E-state index contributed by atoms with van der Waals surface area (Å²) < 4.78 is 28.2. The Morgan fingerprint density at radius 3 is 2.56 bits per heavy atom. The zero-order valence-electron chi connectivity index (χ0n) is 22.2. The Morgan fingerprint density at radius 2 is 1.97 bits per heavy atom. The topological polar surface area (TPSA) is 63.7 Å². The lowest BCUT2D eigenvalue weighted by atomic mass is 9.87. The smallest absolute Gasteiger partial charge is 0.350 e. The average molecular weight is 459 g/mol. The standard InChI is InChI=1S/C26H33NO4S/c1-17-6-8-18(9-7-17)24(29)27(19-10-12-20(28)13-11-19)22-16-21(14-15-26(2,3)4)32-23(22)25(30)31-5/h6,16,18-19H,7-13H2,1-5H3/t18-/m0/s1/i2D3. The van der Waals surface area contributed by atoms with Crippen LogP contribution in [0.25, 0.3) is 0 Å². The summed E-state index contributed by atoms with van der Waals surface area (Å²) in [7, 11) is 1.29. The maximum atomic E-state index is 13.9. The second-order valence-corrected chi connectivity index (χ2v) is 10.2. The van der Waals surface area contributed by atoms with Crippen molar-refractivity contribution in [1.29, 1.82) is 0 Å². The van der Waals surface area contributed by atoms with E-state index in [0.29, 0.717) is 42.7 Å². The molecule has 0 radical (unpaired) electrons. The summed E-state index contributed by atoms with van der Waals surface area (Å²) in [5.41, 5.74) is 0.464. The number of hydrogen-bond acceptors (Lipinski definition) is 5. The third-order valence-electron chi connectivity index (χ3n) is 5.94. The first kappa shape index (κ1) is 20.2. The molecule has 1 fully saturated rings. The first-order valence-corrected chi connectivity index (χ1v) is 11.9. The third kappa shape index (κ3) is 5.89. The van der Waals surface area contributed by atoms with E-state index < -0.39 is 18.2 Å². The molecule has 1 aromatic heterocycles. The van der Waals surface area contributed by atoms with Gasteiger partial charge in [-0.3, -0.25) is 9.59 Å². The van der Waals surface area contributed by atoms with E-state index in [2.05, 4.69) is 24.8 Å². The number of ether oxygens (including phenoxy) is 1. The number of esters is 1. The molecule has 0 N–H and O–H groups in total. The van der Waals surface area contributed by atoms with Gasteiger partial charge in [0, 0.05) is 34.3 Å². The van der Waals surface area contributed by atoms with Crippen molar-refractivity contribution in [1.82, 2.24) is 0 Å². The Bertz CT molecular complexity index is 1080. The van der Waals surface area contributed by atoms with Gasteiger partial charge in [-0.25, -0.2) is 4.79 Å². The summed E-state index contributed by atoms with van der Waals surface area (Å²) in [4.78, 5) is 41.0. The molecule has 0 bridgehead atoms. The van der Waals surface area contributed by atoms with E-state index in [1.54, 1.807) is 24.8 Å². The van der Waals surface area contributed by atoms with Crippen LogP contribution in [-0.2, 0) is 14.3 Å². The number of methoxy groups -OCH3 is 1. The van der Waals surface area contributed by atoms with E-state index in [4.69, 9.17) is 8.85 Å². The number of Topliss-reactive ketones (excluding diaryl/α,β-unsaturated/α-hetero) is 1. The second kappa shape index (κ2) is 10.0. The van der Waals surface area contributed by atoms with Crippen LogP contribution in [0.15, 0.2) is 17.7 Å². The fraction of sp³-hybridized carbons (Fsp3) is 0.577. The van der Waals surface area contributed by atoms with Gasteiger partial charge in [0.2, 0.25) is 5.91 Å². The lowest BCUT2D eigenvalue weighted by Crippen LogP contribution is -2.46. The van der Waals surface area contributed by atoms with Crippen LogP contribution in [0, 0.1) is 23.2 Å². The zero-order chi connectivity index (χ0) is 26.0. The van der Waals surface area contributed by atoms with Crippen LogP contribution < -0.4 is 4.90 Å². The van der Waals surface area contributed by atoms with E-state index in [-0.39, 0.29) is 28.5 Å². The van der Waals surface area contributed by atoms with Crippen LogP contribution in [0.1, 0.15) is 91.2 Å². The number of carbonyl (C=O) groups excluding carboxylic acids is 3. The number of carbonyl (C=O) groups is 3. The van der Waals surface area contributed by atoms with Crippen molar-refractivity contribution >= 4 is 34.7 Å². The number of anilines is 1. The number of allylic oxidation sites excluding steroid dienone is 2. The third-order valence-corrected chi connectivity index (χ3v) is 6.96. The van der Waals surface area contributed by atoms with Gasteiger partial charge < -0.3 is 9.64 Å². The molecule has 0 spiro atoms. The summed E-state index contributed by atoms with van der Waals surface area (Å²) in [5, 5.41) is 0. The molecule has 0 aliphatic heterocycles. The largest absolute Gasteiger partial charge is 0.465 e. The molecule has 3 rings (SSSR count). The highest BCUT2D eigenvalue weighted by molar-refractivity contribution is 7.15. The summed E-state index contributed by atoms with van der Waals surface area (Å²) in [5.74, 6) is 5.09. The molecule has 172 valence electrons. The first-order chi connectivity index (χ1) is 16.3. The summed E-state index contributed by atoms with van der Waals surface area (Å²) in [6.07, 6.45) is 6.19. The van der Waals surface area contributed by atoms with E-state index in [1.165, 1.54) is 12.7 Å². The monoisotopic (exact) mass is 458 g/mol. The van der Waals surface area contributed by atoms with Crippen molar-refractivity contribution in [2.24, 2.45) is 11.3 Å². The molecule has 5 nitrogen and oxygen atoms in total. The van der Waals surface area contributed by atoms with E-state index in [0.717, 1.165) is 24.2 Å². The number of hydrogen-bond donors (Lipinski definition) is 0. The summed E-state index contributed by atoms with van der Waals surface area (Å²) in [6.45, 7) is 2.89. The number of amides is 1. The normalized spacial score (nSPS) is 21.4. The fourth-order valence-electron chi connectivity index (χ4n) is 4.14. The Labute approximate surface area is 199 Å². The highest BCUT2D eigenvalue weighted by Gasteiger charge is 2.36. The molecule has 1 aromatic rings. The molecule has 2 aliphatic rings. The molecule has 1 atom stereocenters. The number of nitrogens with zero attached hydrogens (tertiary/aromatic N) is 1. The van der Waals surface area contributed by atoms with Crippen molar-refractivity contribution in [2.45, 2.75) is 78.6 Å². The van der Waals surface area contributed by atoms with E-state index in [1.807, 2.05) is 0 Å². The first-order valence-electron chi connectivity index (χ1n) is 12.6. The summed E-state index contributed by atoms with van der Waals surface area (Å²) >= 11 is 1.10.